The lowest BCUT2D eigenvalue weighted by Crippen LogP contribution is -2.13. The van der Waals surface area contributed by atoms with Crippen LogP contribution in [0.4, 0.5) is 0 Å². The summed E-state index contributed by atoms with van der Waals surface area (Å²) in [6.07, 6.45) is 1.68. The van der Waals surface area contributed by atoms with E-state index in [1.807, 2.05) is 13.0 Å². The fourth-order valence-corrected chi connectivity index (χ4v) is 1.41. The summed E-state index contributed by atoms with van der Waals surface area (Å²) in [5.41, 5.74) is 6.79. The molecule has 0 unspecified atom stereocenters. The fraction of sp³-hybridized carbons (Fsp3) is 0.143. The van der Waals surface area contributed by atoms with Crippen molar-refractivity contribution >= 4 is 21.8 Å². The van der Waals surface area contributed by atoms with Crippen LogP contribution < -0.4 is 5.73 Å². The first-order valence-electron chi connectivity index (χ1n) is 3.08. The highest BCUT2D eigenvalue weighted by molar-refractivity contribution is 9.10. The van der Waals surface area contributed by atoms with E-state index < -0.39 is 0 Å². The third-order valence-electron chi connectivity index (χ3n) is 1.23. The minimum absolute atomic E-state index is 0.0168. The number of aromatic nitrogens is 1. The molecule has 0 atom stereocenters. The van der Waals surface area contributed by atoms with Crippen molar-refractivity contribution in [2.75, 3.05) is 0 Å². The Balaban J connectivity index is 3.20. The molecule has 0 radical (unpaired) electrons. The first-order valence-corrected chi connectivity index (χ1v) is 3.87. The molecule has 11 heavy (non-hydrogen) atoms. The number of nitrogen functional groups attached to an aromatic ring is 1. The molecular formula is C7H8BrN3. The molecule has 0 fully saturated rings. The summed E-state index contributed by atoms with van der Waals surface area (Å²) in [7, 11) is 0. The fourth-order valence-electron chi connectivity index (χ4n) is 0.732. The van der Waals surface area contributed by atoms with E-state index in [1.165, 1.54) is 0 Å². The van der Waals surface area contributed by atoms with E-state index in [2.05, 4.69) is 20.9 Å². The maximum Gasteiger partial charge on any atom is 0.142 e. The van der Waals surface area contributed by atoms with Gasteiger partial charge < -0.3 is 5.73 Å². The van der Waals surface area contributed by atoms with Gasteiger partial charge in [0.25, 0.3) is 0 Å². The van der Waals surface area contributed by atoms with Crippen molar-refractivity contribution in [2.24, 2.45) is 5.73 Å². The summed E-state index contributed by atoms with van der Waals surface area (Å²) >= 11 is 3.26. The van der Waals surface area contributed by atoms with Crippen LogP contribution in [-0.2, 0) is 0 Å². The van der Waals surface area contributed by atoms with Gasteiger partial charge in [0.15, 0.2) is 0 Å². The van der Waals surface area contributed by atoms with Gasteiger partial charge in [0.2, 0.25) is 0 Å². The molecule has 0 bridgehead atoms. The lowest BCUT2D eigenvalue weighted by atomic mass is 10.2. The van der Waals surface area contributed by atoms with E-state index >= 15 is 0 Å². The number of hydrogen-bond acceptors (Lipinski definition) is 2. The van der Waals surface area contributed by atoms with Gasteiger partial charge in [-0.3, -0.25) is 10.4 Å². The van der Waals surface area contributed by atoms with Crippen molar-refractivity contribution in [1.29, 1.82) is 5.41 Å². The molecule has 0 aliphatic heterocycles. The average Bonchev–Trinajstić information content (AvgIpc) is 1.85. The molecule has 0 aliphatic rings. The van der Waals surface area contributed by atoms with E-state index in [1.54, 1.807) is 6.20 Å². The molecule has 0 saturated carbocycles. The Morgan fingerprint density at radius 2 is 2.36 bits per heavy atom. The van der Waals surface area contributed by atoms with Crippen molar-refractivity contribution in [2.45, 2.75) is 6.92 Å². The van der Waals surface area contributed by atoms with Gasteiger partial charge >= 0.3 is 0 Å². The molecule has 0 aliphatic carbocycles. The summed E-state index contributed by atoms with van der Waals surface area (Å²) in [5, 5.41) is 7.13. The van der Waals surface area contributed by atoms with Crippen LogP contribution in [0.15, 0.2) is 16.7 Å². The molecule has 0 saturated heterocycles. The summed E-state index contributed by atoms with van der Waals surface area (Å²) in [6.45, 7) is 1.93. The standard InChI is InChI=1S/C7H8BrN3/c1-4-2-5(8)6(7(9)10)11-3-4/h2-3H,1H3,(H3,9,10). The molecular weight excluding hydrogens is 206 g/mol. The zero-order chi connectivity index (χ0) is 8.43. The summed E-state index contributed by atoms with van der Waals surface area (Å²) in [6, 6.07) is 1.88. The summed E-state index contributed by atoms with van der Waals surface area (Å²) in [4.78, 5) is 3.98. The van der Waals surface area contributed by atoms with Crippen LogP contribution in [0, 0.1) is 12.3 Å². The first kappa shape index (κ1) is 8.20. The molecule has 1 rings (SSSR count). The van der Waals surface area contributed by atoms with Gasteiger partial charge in [-0.05, 0) is 34.5 Å². The normalized spacial score (nSPS) is 9.64. The third-order valence-corrected chi connectivity index (χ3v) is 1.84. The summed E-state index contributed by atoms with van der Waals surface area (Å²) in [5.74, 6) is -0.0168. The van der Waals surface area contributed by atoms with Crippen molar-refractivity contribution in [3.63, 3.8) is 0 Å². The lowest BCUT2D eigenvalue weighted by molar-refractivity contribution is 1.20. The van der Waals surface area contributed by atoms with Crippen molar-refractivity contribution in [3.05, 3.63) is 28.0 Å². The maximum absolute atomic E-state index is 7.13. The third kappa shape index (κ3) is 1.77. The lowest BCUT2D eigenvalue weighted by Gasteiger charge is -2.00. The second kappa shape index (κ2) is 3.00. The van der Waals surface area contributed by atoms with Crippen molar-refractivity contribution in [1.82, 2.24) is 4.98 Å². The van der Waals surface area contributed by atoms with Gasteiger partial charge in [0.1, 0.15) is 11.5 Å². The Bertz CT molecular complexity index is 296. The van der Waals surface area contributed by atoms with E-state index in [4.69, 9.17) is 11.1 Å². The highest BCUT2D eigenvalue weighted by atomic mass is 79.9. The number of nitrogens with zero attached hydrogens (tertiary/aromatic N) is 1. The van der Waals surface area contributed by atoms with Crippen LogP contribution in [0.25, 0.3) is 0 Å². The minimum Gasteiger partial charge on any atom is -0.382 e. The average molecular weight is 214 g/mol. The minimum atomic E-state index is -0.0168. The first-order chi connectivity index (χ1) is 5.11. The van der Waals surface area contributed by atoms with Crippen LogP contribution in [-0.4, -0.2) is 10.8 Å². The number of hydrogen-bond donors (Lipinski definition) is 2. The number of aryl methyl sites for hydroxylation is 1. The van der Waals surface area contributed by atoms with Gasteiger partial charge in [0.05, 0.1) is 0 Å². The predicted octanol–water partition coefficient (Wildman–Crippen LogP) is 1.44. The Labute approximate surface area is 73.3 Å². The van der Waals surface area contributed by atoms with Crippen LogP contribution in [0.2, 0.25) is 0 Å². The van der Waals surface area contributed by atoms with Gasteiger partial charge in [-0.25, -0.2) is 0 Å². The molecule has 1 heterocycles. The molecule has 4 heteroatoms. The van der Waals surface area contributed by atoms with Crippen LogP contribution in [0.3, 0.4) is 0 Å². The van der Waals surface area contributed by atoms with Crippen LogP contribution >= 0.6 is 15.9 Å². The van der Waals surface area contributed by atoms with E-state index in [9.17, 15) is 0 Å². The molecule has 3 nitrogen and oxygen atoms in total. The molecule has 0 aromatic carbocycles. The van der Waals surface area contributed by atoms with E-state index in [0.29, 0.717) is 5.69 Å². The van der Waals surface area contributed by atoms with Gasteiger partial charge in [0, 0.05) is 10.7 Å². The van der Waals surface area contributed by atoms with Crippen molar-refractivity contribution < 1.29 is 0 Å². The van der Waals surface area contributed by atoms with E-state index in [-0.39, 0.29) is 5.84 Å². The second-order valence-electron chi connectivity index (χ2n) is 2.26. The molecule has 3 N–H and O–H groups in total. The Morgan fingerprint density at radius 3 is 2.82 bits per heavy atom. The van der Waals surface area contributed by atoms with Crippen LogP contribution in [0.5, 0.6) is 0 Å². The molecule has 1 aromatic heterocycles. The van der Waals surface area contributed by atoms with Gasteiger partial charge in [-0.15, -0.1) is 0 Å². The van der Waals surface area contributed by atoms with Gasteiger partial charge in [-0.2, -0.15) is 0 Å². The quantitative estimate of drug-likeness (QED) is 0.548. The van der Waals surface area contributed by atoms with Crippen molar-refractivity contribution in [3.8, 4) is 0 Å². The zero-order valence-corrected chi connectivity index (χ0v) is 7.64. The largest absolute Gasteiger partial charge is 0.382 e. The second-order valence-corrected chi connectivity index (χ2v) is 3.11. The molecule has 0 spiro atoms. The topological polar surface area (TPSA) is 62.8 Å². The Morgan fingerprint density at radius 1 is 1.73 bits per heavy atom. The number of pyridine rings is 1. The molecule has 0 amide bonds. The summed E-state index contributed by atoms with van der Waals surface area (Å²) < 4.78 is 0.769. The number of halogens is 1. The smallest absolute Gasteiger partial charge is 0.142 e. The van der Waals surface area contributed by atoms with E-state index in [0.717, 1.165) is 10.0 Å². The monoisotopic (exact) mass is 213 g/mol. The number of nitrogens with one attached hydrogen (secondary N) is 1. The SMILES string of the molecule is Cc1cnc(C(=N)N)c(Br)c1. The number of nitrogens with two attached hydrogens (primary N) is 1. The van der Waals surface area contributed by atoms with Gasteiger partial charge in [-0.1, -0.05) is 0 Å². The number of amidine groups is 1. The molecule has 1 aromatic rings. The predicted molar refractivity (Wildman–Crippen MR) is 47.7 cm³/mol. The molecule has 58 valence electrons. The Kier molecular flexibility index (Phi) is 2.24. The van der Waals surface area contributed by atoms with Crippen LogP contribution in [0.1, 0.15) is 11.3 Å². The maximum atomic E-state index is 7.13. The zero-order valence-electron chi connectivity index (χ0n) is 6.06. The Hall–Kier alpha value is -0.900. The highest BCUT2D eigenvalue weighted by Crippen LogP contribution is 2.14. The highest BCUT2D eigenvalue weighted by Gasteiger charge is 2.02. The number of rotatable bonds is 1.